The van der Waals surface area contributed by atoms with Crippen LogP contribution >= 0.6 is 15.9 Å². The minimum atomic E-state index is -0.269. The van der Waals surface area contributed by atoms with Crippen molar-refractivity contribution in [3.8, 4) is 11.4 Å². The van der Waals surface area contributed by atoms with Crippen molar-refractivity contribution in [1.82, 2.24) is 14.9 Å². The van der Waals surface area contributed by atoms with Gasteiger partial charge in [0.1, 0.15) is 18.1 Å². The van der Waals surface area contributed by atoms with Crippen LogP contribution in [-0.2, 0) is 6.61 Å². The molecule has 2 heterocycles. The standard InChI is InChI=1S/C23H20BrN3O3/c1-16(17-5-7-19(8-6-17)27-12-11-25-15-27)26-23(28)22-10-9-21(30-22)14-29-20-4-2-3-18(24)13-20/h2-13,15-16H,14H2,1H3,(H,26,28). The Kier molecular flexibility index (Phi) is 5.99. The summed E-state index contributed by atoms with van der Waals surface area (Å²) in [6.07, 6.45) is 5.36. The molecule has 152 valence electrons. The number of furan rings is 1. The van der Waals surface area contributed by atoms with Gasteiger partial charge in [0.2, 0.25) is 0 Å². The maximum atomic E-state index is 12.6. The number of hydrogen-bond donors (Lipinski definition) is 1. The highest BCUT2D eigenvalue weighted by molar-refractivity contribution is 9.10. The highest BCUT2D eigenvalue weighted by Crippen LogP contribution is 2.20. The minimum Gasteiger partial charge on any atom is -0.486 e. The first-order chi connectivity index (χ1) is 14.6. The Morgan fingerprint density at radius 1 is 1.20 bits per heavy atom. The van der Waals surface area contributed by atoms with Crippen molar-refractivity contribution in [2.75, 3.05) is 0 Å². The van der Waals surface area contributed by atoms with Gasteiger partial charge in [0.25, 0.3) is 5.91 Å². The maximum absolute atomic E-state index is 12.6. The number of hydrogen-bond acceptors (Lipinski definition) is 4. The van der Waals surface area contributed by atoms with E-state index >= 15 is 0 Å². The van der Waals surface area contributed by atoms with E-state index in [0.29, 0.717) is 5.76 Å². The Morgan fingerprint density at radius 2 is 2.03 bits per heavy atom. The third-order valence-corrected chi connectivity index (χ3v) is 5.10. The minimum absolute atomic E-state index is 0.166. The fraction of sp³-hybridized carbons (Fsp3) is 0.130. The first kappa shape index (κ1) is 20.0. The molecule has 0 saturated heterocycles. The summed E-state index contributed by atoms with van der Waals surface area (Å²) in [4.78, 5) is 16.6. The van der Waals surface area contributed by atoms with Gasteiger partial charge in [0.05, 0.1) is 12.4 Å². The molecule has 30 heavy (non-hydrogen) atoms. The monoisotopic (exact) mass is 465 g/mol. The van der Waals surface area contributed by atoms with Gasteiger partial charge in [-0.15, -0.1) is 0 Å². The zero-order valence-electron chi connectivity index (χ0n) is 16.3. The summed E-state index contributed by atoms with van der Waals surface area (Å²) in [5.41, 5.74) is 2.01. The van der Waals surface area contributed by atoms with Crippen molar-refractivity contribution in [1.29, 1.82) is 0 Å². The molecule has 0 aliphatic heterocycles. The van der Waals surface area contributed by atoms with E-state index in [4.69, 9.17) is 9.15 Å². The van der Waals surface area contributed by atoms with Crippen LogP contribution in [0.2, 0.25) is 0 Å². The molecule has 7 heteroatoms. The molecule has 1 N–H and O–H groups in total. The van der Waals surface area contributed by atoms with Crippen molar-refractivity contribution in [3.63, 3.8) is 0 Å². The van der Waals surface area contributed by atoms with Crippen LogP contribution in [0.4, 0.5) is 0 Å². The van der Waals surface area contributed by atoms with Gasteiger partial charge in [0.15, 0.2) is 5.76 Å². The molecule has 0 radical (unpaired) electrons. The number of nitrogens with zero attached hydrogens (tertiary/aromatic N) is 2. The predicted molar refractivity (Wildman–Crippen MR) is 117 cm³/mol. The molecule has 0 aliphatic rings. The van der Waals surface area contributed by atoms with Gasteiger partial charge in [-0.25, -0.2) is 4.98 Å². The van der Waals surface area contributed by atoms with Gasteiger partial charge in [-0.2, -0.15) is 0 Å². The van der Waals surface area contributed by atoms with Crippen LogP contribution in [0.25, 0.3) is 5.69 Å². The van der Waals surface area contributed by atoms with Crippen molar-refractivity contribution < 1.29 is 13.9 Å². The van der Waals surface area contributed by atoms with E-state index in [9.17, 15) is 4.79 Å². The lowest BCUT2D eigenvalue weighted by Gasteiger charge is -2.14. The Balaban J connectivity index is 1.34. The van der Waals surface area contributed by atoms with Gasteiger partial charge in [-0.05, 0) is 55.0 Å². The Labute approximate surface area is 182 Å². The van der Waals surface area contributed by atoms with E-state index in [1.165, 1.54) is 0 Å². The van der Waals surface area contributed by atoms with Gasteiger partial charge >= 0.3 is 0 Å². The van der Waals surface area contributed by atoms with Crippen LogP contribution in [0, 0.1) is 0 Å². The molecule has 0 bridgehead atoms. The first-order valence-corrected chi connectivity index (χ1v) is 10.2. The second kappa shape index (κ2) is 9.00. The number of amides is 1. The van der Waals surface area contributed by atoms with Crippen molar-refractivity contribution in [2.24, 2.45) is 0 Å². The number of nitrogens with one attached hydrogen (secondary N) is 1. The van der Waals surface area contributed by atoms with Crippen LogP contribution in [0.3, 0.4) is 0 Å². The molecule has 2 aromatic carbocycles. The van der Waals surface area contributed by atoms with Gasteiger partial charge in [0, 0.05) is 22.6 Å². The third-order valence-electron chi connectivity index (χ3n) is 4.61. The average molecular weight is 466 g/mol. The topological polar surface area (TPSA) is 69.3 Å². The van der Waals surface area contributed by atoms with Gasteiger partial charge in [-0.3, -0.25) is 4.79 Å². The summed E-state index contributed by atoms with van der Waals surface area (Å²) in [5, 5.41) is 2.96. The SMILES string of the molecule is CC(NC(=O)c1ccc(COc2cccc(Br)c2)o1)c1ccc(-n2ccnc2)cc1. The molecular weight excluding hydrogens is 446 g/mol. The van der Waals surface area contributed by atoms with Crippen LogP contribution < -0.4 is 10.1 Å². The number of aromatic nitrogens is 2. The fourth-order valence-electron chi connectivity index (χ4n) is 2.99. The Bertz CT molecular complexity index is 1120. The second-order valence-corrected chi connectivity index (χ2v) is 7.68. The van der Waals surface area contributed by atoms with E-state index in [0.717, 1.165) is 21.5 Å². The number of rotatable bonds is 7. The molecule has 4 rings (SSSR count). The molecule has 1 atom stereocenters. The molecule has 1 unspecified atom stereocenters. The highest BCUT2D eigenvalue weighted by atomic mass is 79.9. The van der Waals surface area contributed by atoms with Crippen LogP contribution in [0.1, 0.15) is 34.8 Å². The lowest BCUT2D eigenvalue weighted by Crippen LogP contribution is -2.26. The smallest absolute Gasteiger partial charge is 0.287 e. The van der Waals surface area contributed by atoms with Crippen LogP contribution in [0.5, 0.6) is 5.75 Å². The zero-order chi connectivity index (χ0) is 20.9. The third kappa shape index (κ3) is 4.80. The highest BCUT2D eigenvalue weighted by Gasteiger charge is 2.15. The van der Waals surface area contributed by atoms with Crippen molar-refractivity contribution in [2.45, 2.75) is 19.6 Å². The molecule has 2 aromatic heterocycles. The fourth-order valence-corrected chi connectivity index (χ4v) is 3.37. The van der Waals surface area contributed by atoms with Crippen LogP contribution in [-0.4, -0.2) is 15.5 Å². The molecule has 0 aliphatic carbocycles. The normalized spacial score (nSPS) is 11.8. The zero-order valence-corrected chi connectivity index (χ0v) is 17.9. The van der Waals surface area contributed by atoms with Crippen LogP contribution in [0.15, 0.2) is 88.3 Å². The largest absolute Gasteiger partial charge is 0.486 e. The molecular formula is C23H20BrN3O3. The van der Waals surface area contributed by atoms with Crippen molar-refractivity contribution >= 4 is 21.8 Å². The molecule has 1 amide bonds. The van der Waals surface area contributed by atoms with E-state index in [1.54, 1.807) is 24.7 Å². The van der Waals surface area contributed by atoms with Gasteiger partial charge in [-0.1, -0.05) is 34.1 Å². The number of imidazole rings is 1. The number of ether oxygens (including phenoxy) is 1. The Morgan fingerprint density at radius 3 is 2.77 bits per heavy atom. The lowest BCUT2D eigenvalue weighted by atomic mass is 10.1. The predicted octanol–water partition coefficient (Wildman–Crippen LogP) is 5.30. The maximum Gasteiger partial charge on any atom is 0.287 e. The summed E-state index contributed by atoms with van der Waals surface area (Å²) in [6, 6.07) is 18.7. The Hall–Kier alpha value is -3.32. The number of benzene rings is 2. The summed E-state index contributed by atoms with van der Waals surface area (Å²) in [5.74, 6) is 1.29. The lowest BCUT2D eigenvalue weighted by molar-refractivity contribution is 0.0907. The summed E-state index contributed by atoms with van der Waals surface area (Å²) < 4.78 is 14.2. The second-order valence-electron chi connectivity index (χ2n) is 6.77. The quantitative estimate of drug-likeness (QED) is 0.402. The van der Waals surface area contributed by atoms with E-state index in [1.807, 2.05) is 66.2 Å². The molecule has 0 saturated carbocycles. The van der Waals surface area contributed by atoms with Crippen molar-refractivity contribution in [3.05, 3.63) is 101 Å². The first-order valence-electron chi connectivity index (χ1n) is 9.45. The number of halogens is 1. The molecule has 0 fully saturated rings. The number of carbonyl (C=O) groups is 1. The number of carbonyl (C=O) groups excluding carboxylic acids is 1. The van der Waals surface area contributed by atoms with Gasteiger partial charge < -0.3 is 19.0 Å². The summed E-state index contributed by atoms with van der Waals surface area (Å²) in [6.45, 7) is 2.18. The average Bonchev–Trinajstić information content (AvgIpc) is 3.45. The van der Waals surface area contributed by atoms with E-state index in [-0.39, 0.29) is 24.3 Å². The molecule has 4 aromatic rings. The summed E-state index contributed by atoms with van der Waals surface area (Å²) >= 11 is 3.41. The molecule has 0 spiro atoms. The molecule has 6 nitrogen and oxygen atoms in total. The van der Waals surface area contributed by atoms with E-state index < -0.39 is 0 Å². The summed E-state index contributed by atoms with van der Waals surface area (Å²) in [7, 11) is 0. The van der Waals surface area contributed by atoms with E-state index in [2.05, 4.69) is 26.2 Å².